The summed E-state index contributed by atoms with van der Waals surface area (Å²) < 4.78 is 7.34. The summed E-state index contributed by atoms with van der Waals surface area (Å²) in [5.74, 6) is 2.73. The molecule has 1 fully saturated rings. The molecule has 4 rings (SSSR count). The van der Waals surface area contributed by atoms with E-state index in [-0.39, 0.29) is 0 Å². The zero-order valence-electron chi connectivity index (χ0n) is 12.0. The molecule has 0 aliphatic heterocycles. The zero-order valence-corrected chi connectivity index (χ0v) is 12.8. The number of pyridine rings is 1. The van der Waals surface area contributed by atoms with Gasteiger partial charge in [-0.05, 0) is 31.9 Å². The normalized spacial score (nSPS) is 14.4. The highest BCUT2D eigenvalue weighted by Crippen LogP contribution is 2.41. The summed E-state index contributed by atoms with van der Waals surface area (Å²) in [7, 11) is 0. The van der Waals surface area contributed by atoms with Gasteiger partial charge in [-0.1, -0.05) is 16.9 Å². The first-order chi connectivity index (χ1) is 10.8. The Morgan fingerprint density at radius 2 is 2.27 bits per heavy atom. The van der Waals surface area contributed by atoms with Gasteiger partial charge in [-0.25, -0.2) is 0 Å². The SMILES string of the molecule is Cc1noc(CSc2nnc(-c3cccnc3)n2C2CC2)n1. The summed E-state index contributed by atoms with van der Waals surface area (Å²) in [6.07, 6.45) is 5.91. The number of aryl methyl sites for hydroxylation is 1. The summed E-state index contributed by atoms with van der Waals surface area (Å²) in [6, 6.07) is 4.40. The van der Waals surface area contributed by atoms with Crippen LogP contribution in [0.15, 0.2) is 34.2 Å². The summed E-state index contributed by atoms with van der Waals surface area (Å²) in [5, 5.41) is 13.4. The summed E-state index contributed by atoms with van der Waals surface area (Å²) >= 11 is 1.57. The van der Waals surface area contributed by atoms with E-state index in [9.17, 15) is 0 Å². The third-order valence-electron chi connectivity index (χ3n) is 3.39. The Balaban J connectivity index is 1.61. The smallest absolute Gasteiger partial charge is 0.237 e. The Bertz CT molecular complexity index is 780. The van der Waals surface area contributed by atoms with Crippen LogP contribution in [0.5, 0.6) is 0 Å². The highest BCUT2D eigenvalue weighted by molar-refractivity contribution is 7.98. The minimum absolute atomic E-state index is 0.483. The molecule has 7 nitrogen and oxygen atoms in total. The van der Waals surface area contributed by atoms with Crippen LogP contribution in [0.1, 0.15) is 30.6 Å². The summed E-state index contributed by atoms with van der Waals surface area (Å²) in [6.45, 7) is 1.81. The van der Waals surface area contributed by atoms with E-state index in [2.05, 4.69) is 29.9 Å². The molecule has 8 heteroatoms. The molecule has 0 radical (unpaired) electrons. The van der Waals surface area contributed by atoms with Gasteiger partial charge in [0.15, 0.2) is 16.8 Å². The van der Waals surface area contributed by atoms with Crippen molar-refractivity contribution in [2.75, 3.05) is 0 Å². The highest BCUT2D eigenvalue weighted by Gasteiger charge is 2.30. The Kier molecular flexibility index (Phi) is 3.38. The van der Waals surface area contributed by atoms with E-state index >= 15 is 0 Å². The molecule has 0 aromatic carbocycles. The van der Waals surface area contributed by atoms with Crippen molar-refractivity contribution in [3.8, 4) is 11.4 Å². The van der Waals surface area contributed by atoms with Gasteiger partial charge in [-0.3, -0.25) is 9.55 Å². The fourth-order valence-electron chi connectivity index (χ4n) is 2.25. The molecule has 0 atom stereocenters. The Morgan fingerprint density at radius 1 is 1.36 bits per heavy atom. The number of nitrogens with zero attached hydrogens (tertiary/aromatic N) is 6. The molecule has 1 aliphatic rings. The lowest BCUT2D eigenvalue weighted by Crippen LogP contribution is -2.00. The van der Waals surface area contributed by atoms with Gasteiger partial charge in [0, 0.05) is 24.0 Å². The number of hydrogen-bond donors (Lipinski definition) is 0. The molecule has 3 aromatic heterocycles. The third-order valence-corrected chi connectivity index (χ3v) is 4.32. The van der Waals surface area contributed by atoms with Crippen LogP contribution in [-0.2, 0) is 5.75 Å². The minimum atomic E-state index is 0.483. The van der Waals surface area contributed by atoms with Crippen molar-refractivity contribution < 1.29 is 4.52 Å². The van der Waals surface area contributed by atoms with Crippen molar-refractivity contribution in [3.05, 3.63) is 36.2 Å². The predicted octanol–water partition coefficient (Wildman–Crippen LogP) is 2.66. The van der Waals surface area contributed by atoms with Crippen molar-refractivity contribution >= 4 is 11.8 Å². The average molecular weight is 314 g/mol. The van der Waals surface area contributed by atoms with Crippen LogP contribution in [0.25, 0.3) is 11.4 Å². The standard InChI is InChI=1S/C14H14N6OS/c1-9-16-12(21-19-9)8-22-14-18-17-13(20(14)11-4-5-11)10-3-2-6-15-7-10/h2-3,6-7,11H,4-5,8H2,1H3. The highest BCUT2D eigenvalue weighted by atomic mass is 32.2. The van der Waals surface area contributed by atoms with Gasteiger partial charge >= 0.3 is 0 Å². The maximum atomic E-state index is 5.14. The van der Waals surface area contributed by atoms with E-state index in [0.717, 1.165) is 16.5 Å². The van der Waals surface area contributed by atoms with Gasteiger partial charge < -0.3 is 4.52 Å². The fourth-order valence-corrected chi connectivity index (χ4v) is 3.10. The Morgan fingerprint density at radius 3 is 2.95 bits per heavy atom. The molecule has 3 heterocycles. The van der Waals surface area contributed by atoms with Crippen LogP contribution < -0.4 is 0 Å². The van der Waals surface area contributed by atoms with Crippen LogP contribution in [0, 0.1) is 6.92 Å². The first-order valence-corrected chi connectivity index (χ1v) is 8.07. The topological polar surface area (TPSA) is 82.5 Å². The minimum Gasteiger partial charge on any atom is -0.338 e. The van der Waals surface area contributed by atoms with E-state index < -0.39 is 0 Å². The van der Waals surface area contributed by atoms with Gasteiger partial charge in [0.2, 0.25) is 5.89 Å². The number of hydrogen-bond acceptors (Lipinski definition) is 7. The zero-order chi connectivity index (χ0) is 14.9. The monoisotopic (exact) mass is 314 g/mol. The van der Waals surface area contributed by atoms with Gasteiger partial charge in [-0.15, -0.1) is 10.2 Å². The lowest BCUT2D eigenvalue weighted by atomic mass is 10.3. The second-order valence-electron chi connectivity index (χ2n) is 5.17. The van der Waals surface area contributed by atoms with Gasteiger partial charge in [-0.2, -0.15) is 4.98 Å². The first-order valence-electron chi connectivity index (χ1n) is 7.08. The van der Waals surface area contributed by atoms with Crippen molar-refractivity contribution in [1.29, 1.82) is 0 Å². The molecule has 1 aliphatic carbocycles. The Labute approximate surface area is 131 Å². The molecule has 1 saturated carbocycles. The maximum absolute atomic E-state index is 5.14. The molecular formula is C14H14N6OS. The van der Waals surface area contributed by atoms with E-state index in [1.54, 1.807) is 18.0 Å². The number of rotatable bonds is 5. The van der Waals surface area contributed by atoms with E-state index in [1.165, 1.54) is 12.8 Å². The average Bonchev–Trinajstić information content (AvgIpc) is 3.16. The maximum Gasteiger partial charge on any atom is 0.237 e. The van der Waals surface area contributed by atoms with Crippen LogP contribution in [0.3, 0.4) is 0 Å². The molecule has 112 valence electrons. The molecule has 0 spiro atoms. The fraction of sp³-hybridized carbons (Fsp3) is 0.357. The lowest BCUT2D eigenvalue weighted by Gasteiger charge is -2.07. The molecule has 0 N–H and O–H groups in total. The summed E-state index contributed by atoms with van der Waals surface area (Å²) in [5.41, 5.74) is 0.988. The van der Waals surface area contributed by atoms with E-state index in [0.29, 0.717) is 23.5 Å². The van der Waals surface area contributed by atoms with Gasteiger partial charge in [0.1, 0.15) is 0 Å². The molecule has 22 heavy (non-hydrogen) atoms. The lowest BCUT2D eigenvalue weighted by molar-refractivity contribution is 0.387. The van der Waals surface area contributed by atoms with Crippen LogP contribution >= 0.6 is 11.8 Å². The Hall–Kier alpha value is -2.22. The van der Waals surface area contributed by atoms with E-state index in [1.807, 2.05) is 25.3 Å². The second kappa shape index (κ2) is 5.53. The quantitative estimate of drug-likeness (QED) is 0.669. The van der Waals surface area contributed by atoms with Crippen molar-refractivity contribution in [1.82, 2.24) is 29.9 Å². The van der Waals surface area contributed by atoms with Crippen LogP contribution in [-0.4, -0.2) is 29.9 Å². The summed E-state index contributed by atoms with van der Waals surface area (Å²) in [4.78, 5) is 8.38. The van der Waals surface area contributed by atoms with E-state index in [4.69, 9.17) is 4.52 Å². The predicted molar refractivity (Wildman–Crippen MR) is 80.1 cm³/mol. The molecule has 3 aromatic rings. The molecule has 0 unspecified atom stereocenters. The van der Waals surface area contributed by atoms with Crippen molar-refractivity contribution in [2.24, 2.45) is 0 Å². The van der Waals surface area contributed by atoms with Crippen LogP contribution in [0.4, 0.5) is 0 Å². The van der Waals surface area contributed by atoms with Crippen molar-refractivity contribution in [3.63, 3.8) is 0 Å². The second-order valence-corrected chi connectivity index (χ2v) is 6.12. The molecule has 0 bridgehead atoms. The number of thioether (sulfide) groups is 1. The third kappa shape index (κ3) is 2.61. The number of aromatic nitrogens is 6. The first kappa shape index (κ1) is 13.4. The van der Waals surface area contributed by atoms with Gasteiger partial charge in [0.05, 0.1) is 5.75 Å². The van der Waals surface area contributed by atoms with Crippen LogP contribution in [0.2, 0.25) is 0 Å². The largest absolute Gasteiger partial charge is 0.338 e. The molecule has 0 saturated heterocycles. The molecular weight excluding hydrogens is 300 g/mol. The molecule has 0 amide bonds. The van der Waals surface area contributed by atoms with Crippen molar-refractivity contribution in [2.45, 2.75) is 36.7 Å². The van der Waals surface area contributed by atoms with Gasteiger partial charge in [0.25, 0.3) is 0 Å².